The van der Waals surface area contributed by atoms with Crippen molar-refractivity contribution in [1.29, 1.82) is 0 Å². The molecule has 4 heteroatoms. The Balaban J connectivity index is 1.25. The molecule has 0 aromatic heterocycles. The van der Waals surface area contributed by atoms with Gasteiger partial charge < -0.3 is 10.1 Å². The molecule has 31 heavy (non-hydrogen) atoms. The number of aryl methyl sites for hydroxylation is 1. The van der Waals surface area contributed by atoms with E-state index in [2.05, 4.69) is 34.5 Å². The average molecular weight is 415 g/mol. The summed E-state index contributed by atoms with van der Waals surface area (Å²) in [5, 5.41) is 3.00. The van der Waals surface area contributed by atoms with E-state index >= 15 is 0 Å². The van der Waals surface area contributed by atoms with Gasteiger partial charge in [-0.2, -0.15) is 0 Å². The monoisotopic (exact) mass is 414 g/mol. The third kappa shape index (κ3) is 5.96. The zero-order chi connectivity index (χ0) is 21.5. The Morgan fingerprint density at radius 1 is 0.839 bits per heavy atom. The standard InChI is InChI=1S/C27H30N2O2/c1-31-26-15-11-24(12-16-26)23-9-13-25(14-10-23)28-27(30)17-8-21-4-6-22(7-5-21)20-29-18-2-3-19-29/h4-7,9-16H,2-3,8,17-20H2,1H3,(H,28,30). The van der Waals surface area contributed by atoms with Crippen molar-refractivity contribution in [1.82, 2.24) is 4.90 Å². The number of nitrogens with one attached hydrogen (secondary N) is 1. The van der Waals surface area contributed by atoms with E-state index in [1.54, 1.807) is 7.11 Å². The predicted molar refractivity (Wildman–Crippen MR) is 126 cm³/mol. The van der Waals surface area contributed by atoms with Gasteiger partial charge in [0.2, 0.25) is 5.91 Å². The van der Waals surface area contributed by atoms with E-state index in [-0.39, 0.29) is 5.91 Å². The maximum Gasteiger partial charge on any atom is 0.224 e. The highest BCUT2D eigenvalue weighted by atomic mass is 16.5. The molecule has 1 aliphatic heterocycles. The van der Waals surface area contributed by atoms with Crippen LogP contribution in [0.1, 0.15) is 30.4 Å². The molecule has 1 heterocycles. The van der Waals surface area contributed by atoms with Gasteiger partial charge >= 0.3 is 0 Å². The fraction of sp³-hybridized carbons (Fsp3) is 0.296. The van der Waals surface area contributed by atoms with E-state index in [1.165, 1.54) is 37.1 Å². The summed E-state index contributed by atoms with van der Waals surface area (Å²) in [7, 11) is 1.66. The quantitative estimate of drug-likeness (QED) is 0.527. The summed E-state index contributed by atoms with van der Waals surface area (Å²) in [6, 6.07) is 24.6. The summed E-state index contributed by atoms with van der Waals surface area (Å²) < 4.78 is 5.21. The van der Waals surface area contributed by atoms with Crippen LogP contribution < -0.4 is 10.1 Å². The van der Waals surface area contributed by atoms with Crippen molar-refractivity contribution in [3.05, 3.63) is 83.9 Å². The Morgan fingerprint density at radius 2 is 1.42 bits per heavy atom. The van der Waals surface area contributed by atoms with E-state index in [0.29, 0.717) is 6.42 Å². The largest absolute Gasteiger partial charge is 0.497 e. The molecular formula is C27H30N2O2. The first kappa shape index (κ1) is 21.1. The van der Waals surface area contributed by atoms with Crippen molar-refractivity contribution in [3.8, 4) is 16.9 Å². The third-order valence-corrected chi connectivity index (χ3v) is 5.86. The number of carbonyl (C=O) groups is 1. The van der Waals surface area contributed by atoms with Gasteiger partial charge in [0.25, 0.3) is 0 Å². The van der Waals surface area contributed by atoms with Crippen LogP contribution in [-0.4, -0.2) is 31.0 Å². The van der Waals surface area contributed by atoms with Gasteiger partial charge in [-0.25, -0.2) is 0 Å². The Morgan fingerprint density at radius 3 is 2.03 bits per heavy atom. The average Bonchev–Trinajstić information content (AvgIpc) is 3.32. The zero-order valence-corrected chi connectivity index (χ0v) is 18.1. The number of carbonyl (C=O) groups excluding carboxylic acids is 1. The molecular weight excluding hydrogens is 384 g/mol. The molecule has 0 unspecified atom stereocenters. The van der Waals surface area contributed by atoms with E-state index < -0.39 is 0 Å². The number of hydrogen-bond donors (Lipinski definition) is 1. The predicted octanol–water partition coefficient (Wildman–Crippen LogP) is 5.53. The van der Waals surface area contributed by atoms with Crippen LogP contribution in [0.4, 0.5) is 5.69 Å². The van der Waals surface area contributed by atoms with Gasteiger partial charge in [0.05, 0.1) is 7.11 Å². The first-order valence-corrected chi connectivity index (χ1v) is 11.0. The highest BCUT2D eigenvalue weighted by Gasteiger charge is 2.11. The number of hydrogen-bond acceptors (Lipinski definition) is 3. The van der Waals surface area contributed by atoms with Crippen LogP contribution >= 0.6 is 0 Å². The van der Waals surface area contributed by atoms with Crippen molar-refractivity contribution >= 4 is 11.6 Å². The molecule has 4 nitrogen and oxygen atoms in total. The minimum atomic E-state index is 0.0401. The second-order valence-electron chi connectivity index (χ2n) is 8.15. The molecule has 1 saturated heterocycles. The molecule has 0 bridgehead atoms. The lowest BCUT2D eigenvalue weighted by Crippen LogP contribution is -2.18. The molecule has 1 aliphatic rings. The first-order valence-electron chi connectivity index (χ1n) is 11.0. The molecule has 4 rings (SSSR count). The number of benzene rings is 3. The Hall–Kier alpha value is -3.11. The Kier molecular flexibility index (Phi) is 7.00. The Bertz CT molecular complexity index is 973. The SMILES string of the molecule is COc1ccc(-c2ccc(NC(=O)CCc3ccc(CN4CCCC4)cc3)cc2)cc1. The van der Waals surface area contributed by atoms with Gasteiger partial charge in [-0.05, 0) is 78.9 Å². The second-order valence-corrected chi connectivity index (χ2v) is 8.15. The normalized spacial score (nSPS) is 13.8. The lowest BCUT2D eigenvalue weighted by atomic mass is 10.0. The van der Waals surface area contributed by atoms with Gasteiger partial charge in [-0.3, -0.25) is 9.69 Å². The molecule has 1 fully saturated rings. The molecule has 0 spiro atoms. The van der Waals surface area contributed by atoms with Crippen molar-refractivity contribution in [2.75, 3.05) is 25.5 Å². The fourth-order valence-corrected chi connectivity index (χ4v) is 4.02. The number of likely N-dealkylation sites (tertiary alicyclic amines) is 1. The number of methoxy groups -OCH3 is 1. The summed E-state index contributed by atoms with van der Waals surface area (Å²) in [6.45, 7) is 3.46. The van der Waals surface area contributed by atoms with Gasteiger partial charge in [-0.15, -0.1) is 0 Å². The molecule has 160 valence electrons. The van der Waals surface area contributed by atoms with Crippen LogP contribution in [-0.2, 0) is 17.8 Å². The summed E-state index contributed by atoms with van der Waals surface area (Å²) in [4.78, 5) is 14.9. The van der Waals surface area contributed by atoms with Crippen molar-refractivity contribution < 1.29 is 9.53 Å². The third-order valence-electron chi connectivity index (χ3n) is 5.86. The number of anilines is 1. The van der Waals surface area contributed by atoms with E-state index in [1.807, 2.05) is 48.5 Å². The van der Waals surface area contributed by atoms with E-state index in [4.69, 9.17) is 4.74 Å². The van der Waals surface area contributed by atoms with Crippen LogP contribution in [0.2, 0.25) is 0 Å². The lowest BCUT2D eigenvalue weighted by molar-refractivity contribution is -0.116. The molecule has 0 saturated carbocycles. The molecule has 3 aromatic carbocycles. The van der Waals surface area contributed by atoms with Crippen LogP contribution in [0, 0.1) is 0 Å². The highest BCUT2D eigenvalue weighted by Crippen LogP contribution is 2.24. The van der Waals surface area contributed by atoms with Crippen molar-refractivity contribution in [3.63, 3.8) is 0 Å². The number of ether oxygens (including phenoxy) is 1. The molecule has 0 aliphatic carbocycles. The molecule has 3 aromatic rings. The first-order chi connectivity index (χ1) is 15.2. The maximum absolute atomic E-state index is 12.4. The zero-order valence-electron chi connectivity index (χ0n) is 18.1. The van der Waals surface area contributed by atoms with Crippen LogP contribution in [0.15, 0.2) is 72.8 Å². The summed E-state index contributed by atoms with van der Waals surface area (Å²) in [5.74, 6) is 0.882. The highest BCUT2D eigenvalue weighted by molar-refractivity contribution is 5.91. The number of nitrogens with zero attached hydrogens (tertiary/aromatic N) is 1. The maximum atomic E-state index is 12.4. The molecule has 0 atom stereocenters. The summed E-state index contributed by atoms with van der Waals surface area (Å²) in [5.41, 5.74) is 5.60. The van der Waals surface area contributed by atoms with E-state index in [0.717, 1.165) is 35.5 Å². The van der Waals surface area contributed by atoms with Crippen LogP contribution in [0.25, 0.3) is 11.1 Å². The van der Waals surface area contributed by atoms with Crippen molar-refractivity contribution in [2.24, 2.45) is 0 Å². The lowest BCUT2D eigenvalue weighted by Gasteiger charge is -2.14. The summed E-state index contributed by atoms with van der Waals surface area (Å²) >= 11 is 0. The minimum absolute atomic E-state index is 0.0401. The summed E-state index contributed by atoms with van der Waals surface area (Å²) in [6.07, 6.45) is 3.86. The van der Waals surface area contributed by atoms with Crippen LogP contribution in [0.5, 0.6) is 5.75 Å². The van der Waals surface area contributed by atoms with Gasteiger partial charge in [-0.1, -0.05) is 48.5 Å². The van der Waals surface area contributed by atoms with Gasteiger partial charge in [0.15, 0.2) is 0 Å². The van der Waals surface area contributed by atoms with Gasteiger partial charge in [0.1, 0.15) is 5.75 Å². The second kappa shape index (κ2) is 10.3. The molecule has 1 amide bonds. The van der Waals surface area contributed by atoms with Crippen LogP contribution in [0.3, 0.4) is 0 Å². The molecule has 1 N–H and O–H groups in total. The Labute approximate surface area is 184 Å². The van der Waals surface area contributed by atoms with E-state index in [9.17, 15) is 4.79 Å². The topological polar surface area (TPSA) is 41.6 Å². The smallest absolute Gasteiger partial charge is 0.224 e. The number of amides is 1. The number of rotatable bonds is 8. The van der Waals surface area contributed by atoms with Gasteiger partial charge in [0, 0.05) is 18.7 Å². The fourth-order valence-electron chi connectivity index (χ4n) is 4.02. The molecule has 0 radical (unpaired) electrons. The van der Waals surface area contributed by atoms with Crippen molar-refractivity contribution in [2.45, 2.75) is 32.2 Å². The minimum Gasteiger partial charge on any atom is -0.497 e.